The van der Waals surface area contributed by atoms with Gasteiger partial charge in [-0.1, -0.05) is 76.3 Å². The van der Waals surface area contributed by atoms with E-state index in [1.54, 1.807) is 32.9 Å². The summed E-state index contributed by atoms with van der Waals surface area (Å²) >= 11 is 0. The second kappa shape index (κ2) is 15.8. The number of aliphatic hydroxyl groups is 1. The van der Waals surface area contributed by atoms with Crippen molar-refractivity contribution < 1.29 is 28.6 Å². The van der Waals surface area contributed by atoms with Crippen molar-refractivity contribution in [3.8, 4) is 0 Å². The number of amides is 3. The normalized spacial score (nSPS) is 17.1. The van der Waals surface area contributed by atoms with Gasteiger partial charge in [-0.15, -0.1) is 0 Å². The smallest absolute Gasteiger partial charge is 0.408 e. The van der Waals surface area contributed by atoms with Crippen molar-refractivity contribution >= 4 is 17.9 Å². The first kappa shape index (κ1) is 33.2. The van der Waals surface area contributed by atoms with Gasteiger partial charge in [0.15, 0.2) is 0 Å². The van der Waals surface area contributed by atoms with Crippen LogP contribution in [0.1, 0.15) is 97.0 Å². The number of carbonyl (C=O) groups excluding carboxylic acids is 3. The second-order valence-electron chi connectivity index (χ2n) is 12.9. The van der Waals surface area contributed by atoms with E-state index >= 15 is 0 Å². The summed E-state index contributed by atoms with van der Waals surface area (Å²) in [6.07, 6.45) is 6.61. The molecule has 1 aliphatic rings. The summed E-state index contributed by atoms with van der Waals surface area (Å²) in [5.41, 5.74) is 0.118. The molecule has 0 saturated heterocycles. The molecule has 1 fully saturated rings. The fourth-order valence-corrected chi connectivity index (χ4v) is 5.47. The van der Waals surface area contributed by atoms with Crippen LogP contribution in [0.25, 0.3) is 0 Å². The Morgan fingerprint density at radius 2 is 1.60 bits per heavy atom. The lowest BCUT2D eigenvalue weighted by Gasteiger charge is -2.31. The molecule has 1 saturated carbocycles. The third-order valence-electron chi connectivity index (χ3n) is 7.49. The molecule has 3 rings (SSSR count). The highest BCUT2D eigenvalue weighted by Gasteiger charge is 2.33. The number of nitrogens with one attached hydrogen (secondary N) is 3. The number of rotatable bonds is 13. The molecule has 3 amide bonds. The second-order valence-corrected chi connectivity index (χ2v) is 12.9. The fourth-order valence-electron chi connectivity index (χ4n) is 5.47. The van der Waals surface area contributed by atoms with Crippen molar-refractivity contribution in [2.24, 2.45) is 11.8 Å². The first-order valence-electron chi connectivity index (χ1n) is 15.3. The van der Waals surface area contributed by atoms with Crippen molar-refractivity contribution in [1.82, 2.24) is 16.0 Å². The summed E-state index contributed by atoms with van der Waals surface area (Å²) < 4.78 is 10.9. The van der Waals surface area contributed by atoms with Gasteiger partial charge in [0.1, 0.15) is 29.5 Å². The van der Waals surface area contributed by atoms with Crippen molar-refractivity contribution in [3.05, 3.63) is 60.1 Å². The number of ether oxygens (including phenoxy) is 1. The van der Waals surface area contributed by atoms with Crippen LogP contribution in [0.3, 0.4) is 0 Å². The molecule has 0 aliphatic heterocycles. The summed E-state index contributed by atoms with van der Waals surface area (Å²) in [5.74, 6) is 0.0180. The summed E-state index contributed by atoms with van der Waals surface area (Å²) in [4.78, 5) is 40.0. The van der Waals surface area contributed by atoms with Gasteiger partial charge in [-0.3, -0.25) is 9.59 Å². The molecule has 4 N–H and O–H groups in total. The predicted octanol–water partition coefficient (Wildman–Crippen LogP) is 5.44. The maximum atomic E-state index is 13.8. The minimum Gasteiger partial charge on any atom is -0.467 e. The van der Waals surface area contributed by atoms with E-state index in [9.17, 15) is 19.5 Å². The highest BCUT2D eigenvalue weighted by atomic mass is 16.6. The van der Waals surface area contributed by atoms with E-state index in [1.165, 1.54) is 12.7 Å². The van der Waals surface area contributed by atoms with Crippen molar-refractivity contribution in [1.29, 1.82) is 0 Å². The van der Waals surface area contributed by atoms with Gasteiger partial charge < -0.3 is 30.2 Å². The van der Waals surface area contributed by atoms with E-state index in [1.807, 2.05) is 44.2 Å². The standard InChI is InChI=1S/C33H49N3O6/c1-22(2)19-26(30(38)34-25(20-23-13-8-6-9-14-23)29(37)28-17-12-18-41-28)35-31(39)27(21-24-15-10-7-11-16-24)36-32(40)42-33(3,4)5/h7,10-12,15-18,22-23,25-27,29,37H,6,8-9,13-14,19-21H2,1-5H3,(H,34,38)(H,35,39)(H,36,40)/t25-,26-,27-,29+/m0/s1. The van der Waals surface area contributed by atoms with E-state index in [0.29, 0.717) is 24.5 Å². The highest BCUT2D eigenvalue weighted by Crippen LogP contribution is 2.31. The maximum absolute atomic E-state index is 13.8. The first-order valence-corrected chi connectivity index (χ1v) is 15.3. The number of alkyl carbamates (subject to hydrolysis) is 1. The number of carbonyl (C=O) groups is 3. The van der Waals surface area contributed by atoms with Crippen molar-refractivity contribution in [2.45, 2.75) is 116 Å². The molecule has 2 aromatic rings. The van der Waals surface area contributed by atoms with Gasteiger partial charge in [-0.05, 0) is 63.1 Å². The predicted molar refractivity (Wildman–Crippen MR) is 161 cm³/mol. The van der Waals surface area contributed by atoms with E-state index < -0.39 is 41.8 Å². The minimum absolute atomic E-state index is 0.0965. The van der Waals surface area contributed by atoms with Gasteiger partial charge in [0, 0.05) is 6.42 Å². The molecule has 0 bridgehead atoms. The molecule has 1 aromatic heterocycles. The molecule has 1 aliphatic carbocycles. The number of hydrogen-bond acceptors (Lipinski definition) is 6. The van der Waals surface area contributed by atoms with Gasteiger partial charge in [0.05, 0.1) is 12.3 Å². The third kappa shape index (κ3) is 11.2. The molecule has 232 valence electrons. The van der Waals surface area contributed by atoms with Crippen molar-refractivity contribution in [2.75, 3.05) is 0 Å². The van der Waals surface area contributed by atoms with Gasteiger partial charge >= 0.3 is 6.09 Å². The number of aliphatic hydroxyl groups excluding tert-OH is 1. The molecule has 0 unspecified atom stereocenters. The molecule has 9 heteroatoms. The van der Waals surface area contributed by atoms with Gasteiger partial charge in [-0.25, -0.2) is 4.79 Å². The lowest BCUT2D eigenvalue weighted by molar-refractivity contribution is -0.131. The Labute approximate surface area is 250 Å². The topological polar surface area (TPSA) is 130 Å². The van der Waals surface area contributed by atoms with Crippen LogP contribution < -0.4 is 16.0 Å². The molecule has 1 aromatic carbocycles. The van der Waals surface area contributed by atoms with E-state index in [4.69, 9.17) is 9.15 Å². The summed E-state index contributed by atoms with van der Waals surface area (Å²) in [6, 6.07) is 10.4. The zero-order valence-corrected chi connectivity index (χ0v) is 25.7. The van der Waals surface area contributed by atoms with E-state index in [0.717, 1.165) is 31.2 Å². The molecular formula is C33H49N3O6. The largest absolute Gasteiger partial charge is 0.467 e. The molecule has 4 atom stereocenters. The third-order valence-corrected chi connectivity index (χ3v) is 7.49. The first-order chi connectivity index (χ1) is 19.9. The Balaban J connectivity index is 1.78. The van der Waals surface area contributed by atoms with E-state index in [-0.39, 0.29) is 18.2 Å². The molecular weight excluding hydrogens is 534 g/mol. The van der Waals surface area contributed by atoms with Crippen LogP contribution in [0.5, 0.6) is 0 Å². The number of hydrogen-bond donors (Lipinski definition) is 4. The molecule has 1 heterocycles. The summed E-state index contributed by atoms with van der Waals surface area (Å²) in [5, 5.41) is 19.8. The minimum atomic E-state index is -1.01. The van der Waals surface area contributed by atoms with Crippen LogP contribution in [-0.2, 0) is 20.7 Å². The monoisotopic (exact) mass is 583 g/mol. The quantitative estimate of drug-likeness (QED) is 0.249. The zero-order valence-electron chi connectivity index (χ0n) is 25.7. The number of benzene rings is 1. The Morgan fingerprint density at radius 1 is 0.929 bits per heavy atom. The maximum Gasteiger partial charge on any atom is 0.408 e. The number of furan rings is 1. The average molecular weight is 584 g/mol. The van der Waals surface area contributed by atoms with Crippen LogP contribution in [0.15, 0.2) is 53.1 Å². The average Bonchev–Trinajstić information content (AvgIpc) is 3.46. The molecule has 9 nitrogen and oxygen atoms in total. The lowest BCUT2D eigenvalue weighted by Crippen LogP contribution is -2.56. The lowest BCUT2D eigenvalue weighted by atomic mass is 9.83. The van der Waals surface area contributed by atoms with Crippen LogP contribution in [0, 0.1) is 11.8 Å². The van der Waals surface area contributed by atoms with Crippen LogP contribution in [0.4, 0.5) is 4.79 Å². The van der Waals surface area contributed by atoms with E-state index in [2.05, 4.69) is 16.0 Å². The Morgan fingerprint density at radius 3 is 2.19 bits per heavy atom. The molecule has 0 radical (unpaired) electrons. The Kier molecular flexibility index (Phi) is 12.5. The van der Waals surface area contributed by atoms with Gasteiger partial charge in [0.2, 0.25) is 11.8 Å². The fraction of sp³-hybridized carbons (Fsp3) is 0.606. The van der Waals surface area contributed by atoms with Gasteiger partial charge in [0.25, 0.3) is 0 Å². The zero-order chi connectivity index (χ0) is 30.7. The summed E-state index contributed by atoms with van der Waals surface area (Å²) in [6.45, 7) is 9.21. The SMILES string of the molecule is CC(C)C[C@H](NC(=O)[C@H](Cc1ccccc1)NC(=O)OC(C)(C)C)C(=O)N[C@@H](CC1CCCCC1)[C@@H](O)c1ccco1. The Bertz CT molecular complexity index is 1110. The highest BCUT2D eigenvalue weighted by molar-refractivity contribution is 5.91. The van der Waals surface area contributed by atoms with Crippen LogP contribution >= 0.6 is 0 Å². The van der Waals surface area contributed by atoms with Crippen molar-refractivity contribution in [3.63, 3.8) is 0 Å². The Hall–Kier alpha value is -3.33. The molecule has 42 heavy (non-hydrogen) atoms. The van der Waals surface area contributed by atoms with Crippen LogP contribution in [-0.4, -0.2) is 46.7 Å². The molecule has 0 spiro atoms. The van der Waals surface area contributed by atoms with Crippen LogP contribution in [0.2, 0.25) is 0 Å². The summed E-state index contributed by atoms with van der Waals surface area (Å²) in [7, 11) is 0. The van der Waals surface area contributed by atoms with Gasteiger partial charge in [-0.2, -0.15) is 0 Å².